The molecule has 0 radical (unpaired) electrons. The maximum Gasteiger partial charge on any atom is 0.127 e. The van der Waals surface area contributed by atoms with E-state index in [1.807, 2.05) is 37.4 Å². The predicted molar refractivity (Wildman–Crippen MR) is 184 cm³/mol. The van der Waals surface area contributed by atoms with E-state index >= 15 is 0 Å². The van der Waals surface area contributed by atoms with E-state index in [0.717, 1.165) is 52.0 Å². The van der Waals surface area contributed by atoms with E-state index in [4.69, 9.17) is 4.74 Å². The Labute approximate surface area is 257 Å². The van der Waals surface area contributed by atoms with Gasteiger partial charge in [0.05, 0.1) is 0 Å². The first-order valence-electron chi connectivity index (χ1n) is 15.3. The molecule has 226 valence electrons. The van der Waals surface area contributed by atoms with Gasteiger partial charge < -0.3 is 25.4 Å². The zero-order valence-corrected chi connectivity index (χ0v) is 26.4. The Hall–Kier alpha value is -4.06. The zero-order valence-electron chi connectivity index (χ0n) is 26.4. The topological polar surface area (TPSA) is 56.8 Å². The molecule has 1 unspecified atom stereocenters. The van der Waals surface area contributed by atoms with Gasteiger partial charge in [-0.2, -0.15) is 0 Å². The van der Waals surface area contributed by atoms with Gasteiger partial charge in [0, 0.05) is 55.4 Å². The van der Waals surface area contributed by atoms with Gasteiger partial charge in [0.15, 0.2) is 0 Å². The van der Waals surface area contributed by atoms with Gasteiger partial charge in [0.2, 0.25) is 0 Å². The third kappa shape index (κ3) is 8.07. The minimum absolute atomic E-state index is 0.225. The molecule has 0 heterocycles. The highest BCUT2D eigenvalue weighted by molar-refractivity contribution is 5.88. The Bertz CT molecular complexity index is 1520. The van der Waals surface area contributed by atoms with Crippen LogP contribution in [0.15, 0.2) is 103 Å². The van der Waals surface area contributed by atoms with E-state index in [2.05, 4.69) is 117 Å². The molecule has 1 atom stereocenters. The van der Waals surface area contributed by atoms with Crippen molar-refractivity contribution in [2.75, 3.05) is 43.5 Å². The van der Waals surface area contributed by atoms with Crippen molar-refractivity contribution in [1.29, 1.82) is 0 Å². The van der Waals surface area contributed by atoms with Crippen molar-refractivity contribution >= 4 is 28.2 Å². The average Bonchev–Trinajstić information content (AvgIpc) is 3.03. The van der Waals surface area contributed by atoms with Crippen molar-refractivity contribution in [3.05, 3.63) is 120 Å². The molecule has 0 spiro atoms. The normalized spacial score (nSPS) is 12.4. The lowest BCUT2D eigenvalue weighted by Gasteiger charge is -2.29. The van der Waals surface area contributed by atoms with E-state index in [9.17, 15) is 5.11 Å². The standard InChI is InChI=1S/C38H47N3O2/c1-7-41(8-2)32-21-18-29(19-22-32)17-16-28(3)38(4,5)35-24-30(20-23-36(35)39-6)25-40-26-33(42)27-43-37-15-11-13-31-12-9-10-14-34(31)37/h9-24,33,39-40,42H,3,7-8,25-27H2,1-2,4-6H3. The fourth-order valence-corrected chi connectivity index (χ4v) is 5.35. The molecule has 4 aromatic carbocycles. The zero-order chi connectivity index (χ0) is 30.8. The third-order valence-corrected chi connectivity index (χ3v) is 8.22. The molecule has 0 aliphatic rings. The second kappa shape index (κ2) is 14.9. The van der Waals surface area contributed by atoms with Crippen molar-refractivity contribution in [2.45, 2.75) is 45.8 Å². The molecule has 0 saturated carbocycles. The van der Waals surface area contributed by atoms with Gasteiger partial charge in [-0.25, -0.2) is 0 Å². The van der Waals surface area contributed by atoms with E-state index in [1.165, 1.54) is 11.3 Å². The molecule has 0 amide bonds. The highest BCUT2D eigenvalue weighted by Crippen LogP contribution is 2.37. The number of aliphatic hydroxyl groups is 1. The number of nitrogens with zero attached hydrogens (tertiary/aromatic N) is 1. The van der Waals surface area contributed by atoms with Gasteiger partial charge in [-0.1, -0.05) is 93.2 Å². The maximum atomic E-state index is 10.6. The molecular weight excluding hydrogens is 530 g/mol. The van der Waals surface area contributed by atoms with Gasteiger partial charge in [-0.05, 0) is 65.8 Å². The Morgan fingerprint density at radius 2 is 1.70 bits per heavy atom. The molecule has 4 rings (SSSR count). The predicted octanol–water partition coefficient (Wildman–Crippen LogP) is 7.80. The number of nitrogens with one attached hydrogen (secondary N) is 2. The number of ether oxygens (including phenoxy) is 1. The number of hydrogen-bond acceptors (Lipinski definition) is 5. The Morgan fingerprint density at radius 3 is 2.42 bits per heavy atom. The van der Waals surface area contributed by atoms with Crippen LogP contribution in [0.3, 0.4) is 0 Å². The summed E-state index contributed by atoms with van der Waals surface area (Å²) in [5, 5.41) is 19.5. The maximum absolute atomic E-state index is 10.6. The van der Waals surface area contributed by atoms with Gasteiger partial charge in [0.25, 0.3) is 0 Å². The smallest absolute Gasteiger partial charge is 0.127 e. The van der Waals surface area contributed by atoms with Crippen LogP contribution in [-0.2, 0) is 12.0 Å². The molecule has 0 aliphatic carbocycles. The summed E-state index contributed by atoms with van der Waals surface area (Å²) in [6.45, 7) is 16.5. The number of anilines is 2. The fourth-order valence-electron chi connectivity index (χ4n) is 5.35. The lowest BCUT2D eigenvalue weighted by Crippen LogP contribution is -2.31. The Kier molecular flexibility index (Phi) is 11.0. The fraction of sp³-hybridized carbons (Fsp3) is 0.316. The number of allylic oxidation sites excluding steroid dienone is 2. The third-order valence-electron chi connectivity index (χ3n) is 8.22. The van der Waals surface area contributed by atoms with Crippen LogP contribution in [-0.4, -0.2) is 44.5 Å². The second-order valence-corrected chi connectivity index (χ2v) is 11.5. The second-order valence-electron chi connectivity index (χ2n) is 11.5. The van der Waals surface area contributed by atoms with Gasteiger partial charge in [-0.3, -0.25) is 0 Å². The SMILES string of the molecule is C=C(C=Cc1ccc(N(CC)CC)cc1)C(C)(C)c1cc(CNCC(O)COc2cccc3ccccc23)ccc1NC. The summed E-state index contributed by atoms with van der Waals surface area (Å²) in [5.41, 5.74) is 6.54. The highest BCUT2D eigenvalue weighted by atomic mass is 16.5. The number of aliphatic hydroxyl groups excluding tert-OH is 1. The molecule has 0 aromatic heterocycles. The largest absolute Gasteiger partial charge is 0.490 e. The molecule has 0 fully saturated rings. The average molecular weight is 578 g/mol. The quantitative estimate of drug-likeness (QED) is 0.126. The first kappa shape index (κ1) is 31.9. The number of benzene rings is 4. The van der Waals surface area contributed by atoms with Crippen LogP contribution in [0.4, 0.5) is 11.4 Å². The molecule has 5 nitrogen and oxygen atoms in total. The Balaban J connectivity index is 1.36. The molecule has 3 N–H and O–H groups in total. The number of rotatable bonds is 15. The summed E-state index contributed by atoms with van der Waals surface area (Å²) in [7, 11) is 1.95. The van der Waals surface area contributed by atoms with Gasteiger partial charge in [0.1, 0.15) is 18.5 Å². The van der Waals surface area contributed by atoms with Crippen LogP contribution < -0.4 is 20.3 Å². The van der Waals surface area contributed by atoms with Crippen LogP contribution in [0.2, 0.25) is 0 Å². The lowest BCUT2D eigenvalue weighted by molar-refractivity contribution is 0.107. The first-order chi connectivity index (χ1) is 20.8. The van der Waals surface area contributed by atoms with E-state index in [1.54, 1.807) is 0 Å². The van der Waals surface area contributed by atoms with Crippen molar-refractivity contribution in [1.82, 2.24) is 5.32 Å². The van der Waals surface area contributed by atoms with Gasteiger partial charge in [-0.15, -0.1) is 0 Å². The number of hydrogen-bond donors (Lipinski definition) is 3. The van der Waals surface area contributed by atoms with Crippen molar-refractivity contribution in [2.24, 2.45) is 0 Å². The summed E-state index contributed by atoms with van der Waals surface area (Å²) < 4.78 is 5.97. The molecule has 0 bridgehead atoms. The lowest BCUT2D eigenvalue weighted by atomic mass is 9.76. The summed E-state index contributed by atoms with van der Waals surface area (Å²) in [6.07, 6.45) is 3.64. The molecule has 4 aromatic rings. The highest BCUT2D eigenvalue weighted by Gasteiger charge is 2.26. The monoisotopic (exact) mass is 577 g/mol. The summed E-state index contributed by atoms with van der Waals surface area (Å²) in [4.78, 5) is 2.34. The van der Waals surface area contributed by atoms with Crippen LogP contribution in [0.1, 0.15) is 44.4 Å². The minimum Gasteiger partial charge on any atom is -0.490 e. The van der Waals surface area contributed by atoms with Crippen LogP contribution in [0.5, 0.6) is 5.75 Å². The van der Waals surface area contributed by atoms with E-state index in [-0.39, 0.29) is 12.0 Å². The summed E-state index contributed by atoms with van der Waals surface area (Å²) in [5.74, 6) is 0.789. The molecule has 0 aliphatic heterocycles. The van der Waals surface area contributed by atoms with Crippen molar-refractivity contribution < 1.29 is 9.84 Å². The number of fused-ring (bicyclic) bond motifs is 1. The van der Waals surface area contributed by atoms with Crippen molar-refractivity contribution in [3.63, 3.8) is 0 Å². The van der Waals surface area contributed by atoms with Crippen LogP contribution in [0.25, 0.3) is 16.8 Å². The first-order valence-corrected chi connectivity index (χ1v) is 15.3. The summed E-state index contributed by atoms with van der Waals surface area (Å²) in [6, 6.07) is 29.3. The molecule has 0 saturated heterocycles. The van der Waals surface area contributed by atoms with Crippen molar-refractivity contribution in [3.8, 4) is 5.75 Å². The molecule has 43 heavy (non-hydrogen) atoms. The van der Waals surface area contributed by atoms with E-state index < -0.39 is 6.10 Å². The van der Waals surface area contributed by atoms with Crippen LogP contribution >= 0.6 is 0 Å². The summed E-state index contributed by atoms with van der Waals surface area (Å²) >= 11 is 0. The molecular formula is C38H47N3O2. The molecule has 5 heteroatoms. The van der Waals surface area contributed by atoms with Gasteiger partial charge >= 0.3 is 0 Å². The minimum atomic E-state index is -0.627. The Morgan fingerprint density at radius 1 is 0.977 bits per heavy atom. The van der Waals surface area contributed by atoms with Crippen LogP contribution in [0, 0.1) is 0 Å². The van der Waals surface area contributed by atoms with E-state index in [0.29, 0.717) is 13.1 Å².